The summed E-state index contributed by atoms with van der Waals surface area (Å²) in [5.74, 6) is 0.523. The smallest absolute Gasteiger partial charge is 0.258 e. The van der Waals surface area contributed by atoms with Crippen LogP contribution in [0.15, 0.2) is 34.7 Å². The number of hydrogen-bond donors (Lipinski definition) is 3. The maximum absolute atomic E-state index is 12.8. The van der Waals surface area contributed by atoms with E-state index in [4.69, 9.17) is 32.8 Å². The first-order valence-corrected chi connectivity index (χ1v) is 9.08. The van der Waals surface area contributed by atoms with Gasteiger partial charge >= 0.3 is 0 Å². The van der Waals surface area contributed by atoms with Crippen molar-refractivity contribution >= 4 is 51.5 Å². The van der Waals surface area contributed by atoms with Crippen molar-refractivity contribution in [2.45, 2.75) is 25.7 Å². The number of rotatable bonds is 3. The molecule has 3 aromatic rings. The van der Waals surface area contributed by atoms with Crippen LogP contribution in [0.5, 0.6) is 0 Å². The molecule has 1 aliphatic rings. The van der Waals surface area contributed by atoms with E-state index in [9.17, 15) is 4.79 Å². The zero-order valence-corrected chi connectivity index (χ0v) is 15.2. The van der Waals surface area contributed by atoms with Crippen LogP contribution in [0.1, 0.15) is 34.5 Å². The molecular weight excluding hydrogens is 375 g/mol. The van der Waals surface area contributed by atoms with Gasteiger partial charge in [0.25, 0.3) is 5.91 Å². The van der Waals surface area contributed by atoms with Gasteiger partial charge < -0.3 is 9.73 Å². The molecule has 0 saturated heterocycles. The second kappa shape index (κ2) is 6.83. The highest BCUT2D eigenvalue weighted by molar-refractivity contribution is 6.42. The first-order chi connectivity index (χ1) is 12.6. The van der Waals surface area contributed by atoms with Crippen molar-refractivity contribution in [1.82, 2.24) is 0 Å². The molecule has 0 spiro atoms. The Hall–Kier alpha value is -2.21. The van der Waals surface area contributed by atoms with Crippen molar-refractivity contribution in [2.24, 2.45) is 0 Å². The normalized spacial score (nSPS) is 13.5. The van der Waals surface area contributed by atoms with Crippen molar-refractivity contribution in [3.05, 3.63) is 57.3 Å². The molecule has 2 aromatic carbocycles. The molecule has 3 N–H and O–H groups in total. The number of hydrogen-bond acceptors (Lipinski definition) is 4. The Balaban J connectivity index is 1.74. The van der Waals surface area contributed by atoms with Gasteiger partial charge in [0.2, 0.25) is 0 Å². The van der Waals surface area contributed by atoms with Gasteiger partial charge in [-0.3, -0.25) is 15.5 Å². The summed E-state index contributed by atoms with van der Waals surface area (Å²) < 4.78 is 6.03. The van der Waals surface area contributed by atoms with Crippen LogP contribution >= 0.6 is 23.2 Å². The molecule has 0 fully saturated rings. The second-order valence-electron chi connectivity index (χ2n) is 6.24. The highest BCUT2D eigenvalue weighted by Gasteiger charge is 2.22. The molecule has 0 bridgehead atoms. The largest absolute Gasteiger partial charge is 0.459 e. The van der Waals surface area contributed by atoms with E-state index in [1.807, 2.05) is 17.6 Å². The van der Waals surface area contributed by atoms with Gasteiger partial charge in [-0.15, -0.1) is 0 Å². The average molecular weight is 391 g/mol. The average Bonchev–Trinajstić information content (AvgIpc) is 3.02. The molecule has 0 aliphatic heterocycles. The van der Waals surface area contributed by atoms with Crippen LogP contribution in [0.25, 0.3) is 11.0 Å². The van der Waals surface area contributed by atoms with Gasteiger partial charge in [0.15, 0.2) is 5.58 Å². The quantitative estimate of drug-likeness (QED) is 0.503. The summed E-state index contributed by atoms with van der Waals surface area (Å²) in [5.41, 5.74) is 4.70. The zero-order valence-electron chi connectivity index (χ0n) is 13.7. The Kier molecular flexibility index (Phi) is 4.53. The molecule has 1 heterocycles. The molecule has 1 aliphatic carbocycles. The lowest BCUT2D eigenvalue weighted by atomic mass is 9.96. The third-order valence-electron chi connectivity index (χ3n) is 4.67. The molecule has 7 heteroatoms. The molecule has 4 rings (SSSR count). The molecule has 0 unspecified atom stereocenters. The first kappa shape index (κ1) is 17.2. The number of nitrogens with one attached hydrogen (secondary N) is 2. The van der Waals surface area contributed by atoms with Crippen molar-refractivity contribution < 1.29 is 14.4 Å². The van der Waals surface area contributed by atoms with Crippen LogP contribution in [0.2, 0.25) is 10.0 Å². The van der Waals surface area contributed by atoms with Crippen LogP contribution in [-0.4, -0.2) is 11.1 Å². The molecule has 26 heavy (non-hydrogen) atoms. The Morgan fingerprint density at radius 3 is 2.69 bits per heavy atom. The van der Waals surface area contributed by atoms with Crippen molar-refractivity contribution in [3.63, 3.8) is 0 Å². The summed E-state index contributed by atoms with van der Waals surface area (Å²) in [7, 11) is 0. The topological polar surface area (TPSA) is 74.5 Å². The van der Waals surface area contributed by atoms with E-state index in [1.165, 1.54) is 17.7 Å². The number of carbonyl (C=O) groups excluding carboxylic acids is 1. The number of halogens is 2. The van der Waals surface area contributed by atoms with Crippen LogP contribution in [0.3, 0.4) is 0 Å². The van der Waals surface area contributed by atoms with Crippen LogP contribution in [0.4, 0.5) is 11.4 Å². The first-order valence-electron chi connectivity index (χ1n) is 8.33. The summed E-state index contributed by atoms with van der Waals surface area (Å²) in [5, 5.41) is 13.2. The predicted octanol–water partition coefficient (Wildman–Crippen LogP) is 5.67. The van der Waals surface area contributed by atoms with Crippen LogP contribution in [0, 0.1) is 0 Å². The van der Waals surface area contributed by atoms with E-state index in [2.05, 4.69) is 5.32 Å². The fourth-order valence-electron chi connectivity index (χ4n) is 3.41. The lowest BCUT2D eigenvalue weighted by Gasteiger charge is -2.11. The monoisotopic (exact) mass is 390 g/mol. The van der Waals surface area contributed by atoms with Gasteiger partial charge in [0.05, 0.1) is 27.0 Å². The number of para-hydroxylation sites is 1. The highest BCUT2D eigenvalue weighted by Crippen LogP contribution is 2.37. The number of aryl methyl sites for hydroxylation is 2. The maximum Gasteiger partial charge on any atom is 0.258 e. The highest BCUT2D eigenvalue weighted by atomic mass is 35.5. The van der Waals surface area contributed by atoms with E-state index in [-0.39, 0.29) is 21.3 Å². The van der Waals surface area contributed by atoms with Gasteiger partial charge in [-0.05, 0) is 37.5 Å². The summed E-state index contributed by atoms with van der Waals surface area (Å²) in [4.78, 5) is 12.8. The lowest BCUT2D eigenvalue weighted by molar-refractivity contribution is 0.102. The molecule has 134 valence electrons. The minimum atomic E-state index is -0.473. The number of amides is 1. The molecule has 5 nitrogen and oxygen atoms in total. The number of carbonyl (C=O) groups is 1. The minimum Gasteiger partial charge on any atom is -0.459 e. The van der Waals surface area contributed by atoms with E-state index >= 15 is 0 Å². The van der Waals surface area contributed by atoms with E-state index < -0.39 is 5.91 Å². The minimum absolute atomic E-state index is 0.0448. The Morgan fingerprint density at radius 1 is 1.08 bits per heavy atom. The molecule has 1 amide bonds. The lowest BCUT2D eigenvalue weighted by Crippen LogP contribution is -2.14. The van der Waals surface area contributed by atoms with Gasteiger partial charge in [-0.2, -0.15) is 0 Å². The summed E-state index contributed by atoms with van der Waals surface area (Å²) in [6.45, 7) is 0. The summed E-state index contributed by atoms with van der Waals surface area (Å²) >= 11 is 12.3. The van der Waals surface area contributed by atoms with E-state index in [1.54, 1.807) is 6.07 Å². The number of fused-ring (bicyclic) bond motifs is 3. The van der Waals surface area contributed by atoms with Gasteiger partial charge in [0, 0.05) is 17.4 Å². The zero-order chi connectivity index (χ0) is 18.3. The van der Waals surface area contributed by atoms with E-state index in [0.717, 1.165) is 36.8 Å². The van der Waals surface area contributed by atoms with Crippen molar-refractivity contribution in [2.75, 3.05) is 10.8 Å². The molecule has 1 aromatic heterocycles. The Bertz CT molecular complexity index is 1010. The summed E-state index contributed by atoms with van der Waals surface area (Å²) in [6.07, 6.45) is 4.16. The van der Waals surface area contributed by atoms with E-state index in [0.29, 0.717) is 11.3 Å². The third kappa shape index (κ3) is 2.82. The molecule has 0 atom stereocenters. The Morgan fingerprint density at radius 2 is 1.88 bits per heavy atom. The number of furan rings is 1. The molecular formula is C19H16Cl2N2O3. The standard InChI is InChI=1S/C19H16Cl2N2O3/c20-12-8-9-13(23-25)17(21)16(12)19(24)22-14-6-3-5-11-10-4-1-2-7-15(10)26-18(11)14/h3,5-6,8-9,23,25H,1-2,4,7H2,(H,22,24). The van der Waals surface area contributed by atoms with Gasteiger partial charge in [0.1, 0.15) is 5.76 Å². The van der Waals surface area contributed by atoms with Gasteiger partial charge in [-0.1, -0.05) is 35.3 Å². The number of benzene rings is 2. The van der Waals surface area contributed by atoms with Crippen molar-refractivity contribution in [3.8, 4) is 0 Å². The summed E-state index contributed by atoms with van der Waals surface area (Å²) in [6, 6.07) is 8.66. The fraction of sp³-hybridized carbons (Fsp3) is 0.211. The molecule has 0 saturated carbocycles. The van der Waals surface area contributed by atoms with Crippen LogP contribution in [-0.2, 0) is 12.8 Å². The fourth-order valence-corrected chi connectivity index (χ4v) is 4.00. The maximum atomic E-state index is 12.8. The third-order valence-corrected chi connectivity index (χ3v) is 5.38. The second-order valence-corrected chi connectivity index (χ2v) is 7.03. The molecule has 0 radical (unpaired) electrons. The predicted molar refractivity (Wildman–Crippen MR) is 103 cm³/mol. The number of anilines is 2. The van der Waals surface area contributed by atoms with Crippen LogP contribution < -0.4 is 10.8 Å². The SMILES string of the molecule is O=C(Nc1cccc2c3c(oc12)CCCC3)c1c(Cl)ccc(NO)c1Cl. The Labute approximate surface area is 159 Å². The van der Waals surface area contributed by atoms with Crippen molar-refractivity contribution in [1.29, 1.82) is 0 Å². The van der Waals surface area contributed by atoms with Gasteiger partial charge in [-0.25, -0.2) is 0 Å².